The highest BCUT2D eigenvalue weighted by Gasteiger charge is 2.29. The van der Waals surface area contributed by atoms with Crippen LogP contribution in [0.3, 0.4) is 0 Å². The van der Waals surface area contributed by atoms with Crippen LogP contribution in [0.5, 0.6) is 0 Å². The summed E-state index contributed by atoms with van der Waals surface area (Å²) in [6.45, 7) is 5.93. The molecule has 0 bridgehead atoms. The number of hydrogen-bond donors (Lipinski definition) is 1. The van der Waals surface area contributed by atoms with E-state index in [9.17, 15) is 0 Å². The molecule has 0 amide bonds. The van der Waals surface area contributed by atoms with Crippen molar-refractivity contribution in [3.05, 3.63) is 0 Å². The van der Waals surface area contributed by atoms with Gasteiger partial charge in [-0.1, -0.05) is 6.92 Å². The maximum absolute atomic E-state index is 5.73. The lowest BCUT2D eigenvalue weighted by molar-refractivity contribution is 0.0413. The largest absolute Gasteiger partial charge is 0.379 e. The average molecular weight is 227 g/mol. The normalized spacial score (nSPS) is 27.2. The molecule has 1 saturated carbocycles. The molecule has 1 N–H and O–H groups in total. The van der Waals surface area contributed by atoms with E-state index in [1.807, 2.05) is 0 Å². The van der Waals surface area contributed by atoms with Crippen LogP contribution in [0, 0.1) is 5.92 Å². The van der Waals surface area contributed by atoms with E-state index in [2.05, 4.69) is 12.2 Å². The van der Waals surface area contributed by atoms with E-state index in [4.69, 9.17) is 9.47 Å². The molecule has 0 aromatic carbocycles. The topological polar surface area (TPSA) is 30.5 Å². The predicted octanol–water partition coefficient (Wildman–Crippen LogP) is 1.96. The van der Waals surface area contributed by atoms with Gasteiger partial charge < -0.3 is 14.8 Å². The Balaban J connectivity index is 1.44. The Hall–Kier alpha value is -0.120. The third-order valence-corrected chi connectivity index (χ3v) is 3.60. The molecule has 94 valence electrons. The SMILES string of the molecule is CCC(NCCCOC1CCOC1)C1CC1. The summed E-state index contributed by atoms with van der Waals surface area (Å²) in [4.78, 5) is 0. The Morgan fingerprint density at radius 3 is 2.88 bits per heavy atom. The first-order valence-electron chi connectivity index (χ1n) is 6.83. The lowest BCUT2D eigenvalue weighted by atomic mass is 10.1. The molecule has 16 heavy (non-hydrogen) atoms. The minimum Gasteiger partial charge on any atom is -0.379 e. The summed E-state index contributed by atoms with van der Waals surface area (Å²) in [5.74, 6) is 0.967. The molecule has 2 fully saturated rings. The fraction of sp³-hybridized carbons (Fsp3) is 1.00. The Morgan fingerprint density at radius 1 is 1.38 bits per heavy atom. The molecule has 0 aromatic rings. The van der Waals surface area contributed by atoms with Crippen LogP contribution in [-0.2, 0) is 9.47 Å². The second-order valence-corrected chi connectivity index (χ2v) is 5.02. The fourth-order valence-electron chi connectivity index (χ4n) is 2.40. The van der Waals surface area contributed by atoms with Crippen molar-refractivity contribution in [3.63, 3.8) is 0 Å². The van der Waals surface area contributed by atoms with Crippen molar-refractivity contribution < 1.29 is 9.47 Å². The molecular formula is C13H25NO2. The quantitative estimate of drug-likeness (QED) is 0.643. The first kappa shape index (κ1) is 12.3. The average Bonchev–Trinajstić information content (AvgIpc) is 3.01. The van der Waals surface area contributed by atoms with E-state index in [0.717, 1.165) is 51.2 Å². The maximum atomic E-state index is 5.73. The zero-order valence-corrected chi connectivity index (χ0v) is 10.4. The second-order valence-electron chi connectivity index (χ2n) is 5.02. The van der Waals surface area contributed by atoms with Crippen LogP contribution < -0.4 is 5.32 Å². The number of ether oxygens (including phenoxy) is 2. The molecule has 0 spiro atoms. The van der Waals surface area contributed by atoms with Crippen LogP contribution in [0.25, 0.3) is 0 Å². The Labute approximate surface area is 98.9 Å². The van der Waals surface area contributed by atoms with Crippen molar-refractivity contribution >= 4 is 0 Å². The molecule has 1 aliphatic heterocycles. The molecule has 0 radical (unpaired) electrons. The van der Waals surface area contributed by atoms with Crippen molar-refractivity contribution in [1.82, 2.24) is 5.32 Å². The summed E-state index contributed by atoms with van der Waals surface area (Å²) < 4.78 is 11.0. The molecule has 2 rings (SSSR count). The summed E-state index contributed by atoms with van der Waals surface area (Å²) in [5, 5.41) is 3.65. The van der Waals surface area contributed by atoms with Gasteiger partial charge in [-0.05, 0) is 44.6 Å². The number of rotatable bonds is 8. The standard InChI is InChI=1S/C13H25NO2/c1-2-13(11-4-5-11)14-7-3-8-16-12-6-9-15-10-12/h11-14H,2-10H2,1H3. The van der Waals surface area contributed by atoms with Crippen LogP contribution in [-0.4, -0.2) is 38.5 Å². The zero-order chi connectivity index (χ0) is 11.2. The predicted molar refractivity (Wildman–Crippen MR) is 64.6 cm³/mol. The molecule has 2 unspecified atom stereocenters. The van der Waals surface area contributed by atoms with Gasteiger partial charge in [0.05, 0.1) is 12.7 Å². The molecule has 3 nitrogen and oxygen atoms in total. The van der Waals surface area contributed by atoms with Crippen LogP contribution >= 0.6 is 0 Å². The molecular weight excluding hydrogens is 202 g/mol. The Kier molecular flexibility index (Phi) is 5.07. The third kappa shape index (κ3) is 4.04. The molecule has 1 heterocycles. The van der Waals surface area contributed by atoms with E-state index >= 15 is 0 Å². The van der Waals surface area contributed by atoms with Gasteiger partial charge in [-0.25, -0.2) is 0 Å². The molecule has 3 heteroatoms. The van der Waals surface area contributed by atoms with Gasteiger partial charge in [0.1, 0.15) is 0 Å². The van der Waals surface area contributed by atoms with Crippen molar-refractivity contribution in [1.29, 1.82) is 0 Å². The summed E-state index contributed by atoms with van der Waals surface area (Å²) >= 11 is 0. The molecule has 0 aromatic heterocycles. The molecule has 2 atom stereocenters. The lowest BCUT2D eigenvalue weighted by Crippen LogP contribution is -2.31. The van der Waals surface area contributed by atoms with E-state index in [1.54, 1.807) is 0 Å². The maximum Gasteiger partial charge on any atom is 0.0830 e. The molecule has 1 saturated heterocycles. The van der Waals surface area contributed by atoms with Gasteiger partial charge in [-0.15, -0.1) is 0 Å². The second kappa shape index (κ2) is 6.58. The Bertz CT molecular complexity index is 188. The highest BCUT2D eigenvalue weighted by Crippen LogP contribution is 2.33. The van der Waals surface area contributed by atoms with E-state index in [-0.39, 0.29) is 0 Å². The van der Waals surface area contributed by atoms with Crippen molar-refractivity contribution in [3.8, 4) is 0 Å². The molecule has 1 aliphatic carbocycles. The van der Waals surface area contributed by atoms with Gasteiger partial charge in [-0.2, -0.15) is 0 Å². The summed E-state index contributed by atoms with van der Waals surface area (Å²) in [5.41, 5.74) is 0. The smallest absolute Gasteiger partial charge is 0.0830 e. The first-order valence-corrected chi connectivity index (χ1v) is 6.83. The van der Waals surface area contributed by atoms with Gasteiger partial charge in [0.2, 0.25) is 0 Å². The highest BCUT2D eigenvalue weighted by atomic mass is 16.5. The molecule has 2 aliphatic rings. The van der Waals surface area contributed by atoms with E-state index < -0.39 is 0 Å². The van der Waals surface area contributed by atoms with Crippen LogP contribution in [0.15, 0.2) is 0 Å². The zero-order valence-electron chi connectivity index (χ0n) is 10.4. The van der Waals surface area contributed by atoms with Gasteiger partial charge in [-0.3, -0.25) is 0 Å². The summed E-state index contributed by atoms with van der Waals surface area (Å²) in [7, 11) is 0. The monoisotopic (exact) mass is 227 g/mol. The summed E-state index contributed by atoms with van der Waals surface area (Å²) in [6.07, 6.45) is 6.70. The van der Waals surface area contributed by atoms with Gasteiger partial charge in [0.25, 0.3) is 0 Å². The highest BCUT2D eigenvalue weighted by molar-refractivity contribution is 4.85. The fourth-order valence-corrected chi connectivity index (χ4v) is 2.40. The Morgan fingerprint density at radius 2 is 2.25 bits per heavy atom. The first-order chi connectivity index (χ1) is 7.90. The number of nitrogens with one attached hydrogen (secondary N) is 1. The van der Waals surface area contributed by atoms with E-state index in [1.165, 1.54) is 19.3 Å². The van der Waals surface area contributed by atoms with Crippen molar-refractivity contribution in [2.75, 3.05) is 26.4 Å². The number of hydrogen-bond acceptors (Lipinski definition) is 3. The van der Waals surface area contributed by atoms with Gasteiger partial charge in [0.15, 0.2) is 0 Å². The lowest BCUT2D eigenvalue weighted by Gasteiger charge is -2.16. The minimum atomic E-state index is 0.366. The third-order valence-electron chi connectivity index (χ3n) is 3.60. The van der Waals surface area contributed by atoms with Crippen molar-refractivity contribution in [2.24, 2.45) is 5.92 Å². The van der Waals surface area contributed by atoms with Crippen LogP contribution in [0.4, 0.5) is 0 Å². The van der Waals surface area contributed by atoms with Gasteiger partial charge >= 0.3 is 0 Å². The van der Waals surface area contributed by atoms with Crippen LogP contribution in [0.2, 0.25) is 0 Å². The van der Waals surface area contributed by atoms with E-state index in [0.29, 0.717) is 6.10 Å². The summed E-state index contributed by atoms with van der Waals surface area (Å²) in [6, 6.07) is 0.759. The minimum absolute atomic E-state index is 0.366. The van der Waals surface area contributed by atoms with Crippen molar-refractivity contribution in [2.45, 2.75) is 51.2 Å². The van der Waals surface area contributed by atoms with Gasteiger partial charge in [0, 0.05) is 19.3 Å². The van der Waals surface area contributed by atoms with Crippen LogP contribution in [0.1, 0.15) is 39.0 Å².